The number of imidazole rings is 1. The number of nitrogens with zero attached hydrogens (tertiary/aromatic N) is 2. The van der Waals surface area contributed by atoms with Gasteiger partial charge in [-0.3, -0.25) is 0 Å². The van der Waals surface area contributed by atoms with Crippen LogP contribution in [-0.2, 0) is 0 Å². The van der Waals surface area contributed by atoms with Crippen LogP contribution >= 0.6 is 15.9 Å². The summed E-state index contributed by atoms with van der Waals surface area (Å²) in [6, 6.07) is 9.02. The summed E-state index contributed by atoms with van der Waals surface area (Å²) < 4.78 is 7.12. The van der Waals surface area contributed by atoms with E-state index < -0.39 is 0 Å². The molecule has 0 amide bonds. The van der Waals surface area contributed by atoms with Gasteiger partial charge in [-0.15, -0.1) is 0 Å². The van der Waals surface area contributed by atoms with E-state index >= 15 is 0 Å². The molecule has 0 spiro atoms. The summed E-state index contributed by atoms with van der Waals surface area (Å²) in [5, 5.41) is 9.96. The Morgan fingerprint density at radius 2 is 2.19 bits per heavy atom. The van der Waals surface area contributed by atoms with Crippen molar-refractivity contribution in [3.8, 4) is 11.6 Å². The van der Waals surface area contributed by atoms with Crippen molar-refractivity contribution >= 4 is 27.0 Å². The molecular weight excluding hydrogens is 272 g/mol. The standard InChI is InChI=1S/C11H7BrN2O2/c12-7-3-4-8-9(6-7)14(15)11(13-8)10-2-1-5-16-10/h1-6,15H. The lowest BCUT2D eigenvalue weighted by Crippen LogP contribution is -1.92. The Bertz CT molecular complexity index is 643. The minimum Gasteiger partial charge on any atom is -0.461 e. The van der Waals surface area contributed by atoms with E-state index in [1.165, 1.54) is 0 Å². The zero-order chi connectivity index (χ0) is 11.1. The highest BCUT2D eigenvalue weighted by Gasteiger charge is 2.13. The topological polar surface area (TPSA) is 51.2 Å². The first-order valence-corrected chi connectivity index (χ1v) is 5.46. The molecule has 0 aliphatic rings. The maximum Gasteiger partial charge on any atom is 0.212 e. The third-order valence-corrected chi connectivity index (χ3v) is 2.83. The second-order valence-corrected chi connectivity index (χ2v) is 4.27. The van der Waals surface area contributed by atoms with E-state index in [1.54, 1.807) is 24.5 Å². The van der Waals surface area contributed by atoms with Crippen LogP contribution < -0.4 is 0 Å². The number of aromatic nitrogens is 2. The summed E-state index contributed by atoms with van der Waals surface area (Å²) in [6.45, 7) is 0. The van der Waals surface area contributed by atoms with Gasteiger partial charge in [-0.1, -0.05) is 15.9 Å². The van der Waals surface area contributed by atoms with Gasteiger partial charge < -0.3 is 9.62 Å². The van der Waals surface area contributed by atoms with Gasteiger partial charge >= 0.3 is 0 Å². The molecule has 0 radical (unpaired) electrons. The fourth-order valence-electron chi connectivity index (χ4n) is 1.60. The third-order valence-electron chi connectivity index (χ3n) is 2.33. The summed E-state index contributed by atoms with van der Waals surface area (Å²) in [4.78, 5) is 4.29. The van der Waals surface area contributed by atoms with Crippen LogP contribution in [-0.4, -0.2) is 14.9 Å². The zero-order valence-electron chi connectivity index (χ0n) is 8.09. The highest BCUT2D eigenvalue weighted by atomic mass is 79.9. The van der Waals surface area contributed by atoms with Crippen LogP contribution in [0.5, 0.6) is 0 Å². The number of halogens is 1. The predicted molar refractivity (Wildman–Crippen MR) is 62.3 cm³/mol. The van der Waals surface area contributed by atoms with Gasteiger partial charge in [0.1, 0.15) is 5.52 Å². The molecule has 0 bridgehead atoms. The average Bonchev–Trinajstić information content (AvgIpc) is 2.87. The van der Waals surface area contributed by atoms with E-state index in [-0.39, 0.29) is 0 Å². The third kappa shape index (κ3) is 1.32. The fourth-order valence-corrected chi connectivity index (χ4v) is 1.95. The monoisotopic (exact) mass is 278 g/mol. The number of hydrogen-bond donors (Lipinski definition) is 1. The van der Waals surface area contributed by atoms with Gasteiger partial charge in [0.05, 0.1) is 11.8 Å². The second-order valence-electron chi connectivity index (χ2n) is 3.36. The molecule has 0 atom stereocenters. The summed E-state index contributed by atoms with van der Waals surface area (Å²) in [6.07, 6.45) is 1.55. The molecule has 1 N–H and O–H groups in total. The normalized spacial score (nSPS) is 11.1. The van der Waals surface area contributed by atoms with Crippen molar-refractivity contribution in [2.75, 3.05) is 0 Å². The van der Waals surface area contributed by atoms with E-state index in [1.807, 2.05) is 12.1 Å². The highest BCUT2D eigenvalue weighted by molar-refractivity contribution is 9.10. The van der Waals surface area contributed by atoms with Crippen molar-refractivity contribution in [3.05, 3.63) is 41.1 Å². The number of hydrogen-bond acceptors (Lipinski definition) is 3. The maximum atomic E-state index is 9.96. The minimum atomic E-state index is 0.401. The lowest BCUT2D eigenvalue weighted by atomic mass is 10.3. The van der Waals surface area contributed by atoms with Crippen LogP contribution in [0.1, 0.15) is 0 Å². The smallest absolute Gasteiger partial charge is 0.212 e. The summed E-state index contributed by atoms with van der Waals surface area (Å²) in [5.41, 5.74) is 1.36. The zero-order valence-corrected chi connectivity index (χ0v) is 9.68. The number of benzene rings is 1. The van der Waals surface area contributed by atoms with Crippen molar-refractivity contribution in [2.45, 2.75) is 0 Å². The molecule has 2 heterocycles. The fraction of sp³-hybridized carbons (Fsp3) is 0. The molecule has 0 aliphatic heterocycles. The molecule has 0 fully saturated rings. The summed E-state index contributed by atoms with van der Waals surface area (Å²) in [5.74, 6) is 0.938. The Morgan fingerprint density at radius 3 is 2.94 bits per heavy atom. The van der Waals surface area contributed by atoms with Crippen LogP contribution in [0.4, 0.5) is 0 Å². The molecule has 0 aliphatic carbocycles. The number of fused-ring (bicyclic) bond motifs is 1. The lowest BCUT2D eigenvalue weighted by molar-refractivity contribution is 0.201. The van der Waals surface area contributed by atoms with Gasteiger partial charge in [0.15, 0.2) is 5.76 Å². The quantitative estimate of drug-likeness (QED) is 0.695. The lowest BCUT2D eigenvalue weighted by Gasteiger charge is -1.96. The van der Waals surface area contributed by atoms with Crippen LogP contribution in [0.15, 0.2) is 45.5 Å². The van der Waals surface area contributed by atoms with Gasteiger partial charge in [0, 0.05) is 4.47 Å². The molecule has 1 aromatic carbocycles. The first-order valence-electron chi connectivity index (χ1n) is 4.67. The molecule has 5 heteroatoms. The molecule has 0 unspecified atom stereocenters. The van der Waals surface area contributed by atoms with Gasteiger partial charge in [0.25, 0.3) is 0 Å². The molecule has 3 rings (SSSR count). The Kier molecular flexibility index (Phi) is 2.00. The maximum absolute atomic E-state index is 9.96. The number of rotatable bonds is 1. The van der Waals surface area contributed by atoms with E-state index in [4.69, 9.17) is 4.42 Å². The Labute approximate surface area is 99.2 Å². The van der Waals surface area contributed by atoms with Crippen molar-refractivity contribution < 1.29 is 9.62 Å². The van der Waals surface area contributed by atoms with E-state index in [0.717, 1.165) is 14.7 Å². The molecule has 0 saturated heterocycles. The first-order chi connectivity index (χ1) is 7.75. The highest BCUT2D eigenvalue weighted by Crippen LogP contribution is 2.25. The van der Waals surface area contributed by atoms with Crippen molar-refractivity contribution in [2.24, 2.45) is 0 Å². The molecule has 0 saturated carbocycles. The summed E-state index contributed by atoms with van der Waals surface area (Å²) in [7, 11) is 0. The summed E-state index contributed by atoms with van der Waals surface area (Å²) >= 11 is 3.35. The SMILES string of the molecule is On1c(-c2ccco2)nc2ccc(Br)cc21. The van der Waals surface area contributed by atoms with Crippen molar-refractivity contribution in [1.29, 1.82) is 0 Å². The van der Waals surface area contributed by atoms with Gasteiger partial charge in [-0.2, -0.15) is 4.73 Å². The Hall–Kier alpha value is -1.75. The van der Waals surface area contributed by atoms with Crippen LogP contribution in [0.2, 0.25) is 0 Å². The largest absolute Gasteiger partial charge is 0.461 e. The predicted octanol–water partition coefficient (Wildman–Crippen LogP) is 3.30. The van der Waals surface area contributed by atoms with Gasteiger partial charge in [0.2, 0.25) is 5.82 Å². The number of furan rings is 1. The van der Waals surface area contributed by atoms with Crippen LogP contribution in [0.3, 0.4) is 0 Å². The Morgan fingerprint density at radius 1 is 1.31 bits per heavy atom. The molecule has 4 nitrogen and oxygen atoms in total. The van der Waals surface area contributed by atoms with E-state index in [0.29, 0.717) is 17.1 Å². The minimum absolute atomic E-state index is 0.401. The molecular formula is C11H7BrN2O2. The molecule has 16 heavy (non-hydrogen) atoms. The first kappa shape index (κ1) is 9.47. The van der Waals surface area contributed by atoms with Crippen LogP contribution in [0.25, 0.3) is 22.6 Å². The van der Waals surface area contributed by atoms with Gasteiger partial charge in [-0.25, -0.2) is 4.98 Å². The van der Waals surface area contributed by atoms with Crippen molar-refractivity contribution in [3.63, 3.8) is 0 Å². The van der Waals surface area contributed by atoms with Gasteiger partial charge in [-0.05, 0) is 30.3 Å². The molecule has 3 aromatic rings. The Balaban J connectivity index is 2.32. The second kappa shape index (κ2) is 3.38. The molecule has 80 valence electrons. The average molecular weight is 279 g/mol. The van der Waals surface area contributed by atoms with Crippen molar-refractivity contribution in [1.82, 2.24) is 9.71 Å². The molecule has 2 aromatic heterocycles. The van der Waals surface area contributed by atoms with Crippen LogP contribution in [0, 0.1) is 0 Å². The van der Waals surface area contributed by atoms with E-state index in [2.05, 4.69) is 20.9 Å². The van der Waals surface area contributed by atoms with E-state index in [9.17, 15) is 5.21 Å².